The van der Waals surface area contributed by atoms with E-state index in [1.165, 1.54) is 32.1 Å². The van der Waals surface area contributed by atoms with E-state index in [1.807, 2.05) is 24.3 Å². The Morgan fingerprint density at radius 1 is 1.05 bits per heavy atom. The highest BCUT2D eigenvalue weighted by molar-refractivity contribution is 6.06. The molecule has 22 heavy (non-hydrogen) atoms. The topological polar surface area (TPSA) is 55.4 Å². The number of carbonyl (C=O) groups excluding carboxylic acids is 2. The van der Waals surface area contributed by atoms with Crippen molar-refractivity contribution < 1.29 is 14.3 Å². The molecule has 1 aromatic rings. The first-order valence-corrected chi connectivity index (χ1v) is 8.27. The molecule has 1 aliphatic heterocycles. The van der Waals surface area contributed by atoms with E-state index in [0.29, 0.717) is 0 Å². The average molecular weight is 303 g/mol. The summed E-state index contributed by atoms with van der Waals surface area (Å²) in [5, 5.41) is 2.33. The number of benzene rings is 1. The van der Waals surface area contributed by atoms with Crippen molar-refractivity contribution in [2.24, 2.45) is 0 Å². The van der Waals surface area contributed by atoms with Crippen LogP contribution in [-0.2, 0) is 9.59 Å². The van der Waals surface area contributed by atoms with E-state index in [1.54, 1.807) is 0 Å². The fourth-order valence-corrected chi connectivity index (χ4v) is 2.69. The molecular formula is C18H25NO3. The van der Waals surface area contributed by atoms with Crippen molar-refractivity contribution in [3.05, 3.63) is 29.8 Å². The molecule has 1 heterocycles. The monoisotopic (exact) mass is 303 g/mol. The summed E-state index contributed by atoms with van der Waals surface area (Å²) in [4.78, 5) is 22.8. The van der Waals surface area contributed by atoms with Crippen LogP contribution in [0.5, 0.6) is 5.75 Å². The minimum absolute atomic E-state index is 0.196. The van der Waals surface area contributed by atoms with E-state index in [2.05, 4.69) is 12.2 Å². The number of ether oxygens (including phenoxy) is 1. The van der Waals surface area contributed by atoms with Crippen molar-refractivity contribution in [1.29, 1.82) is 0 Å². The van der Waals surface area contributed by atoms with E-state index >= 15 is 0 Å². The first-order valence-electron chi connectivity index (χ1n) is 8.27. The van der Waals surface area contributed by atoms with Crippen molar-refractivity contribution in [1.82, 2.24) is 5.32 Å². The summed E-state index contributed by atoms with van der Waals surface area (Å²) in [5.74, 6) is 0.0753. The molecule has 1 aromatic carbocycles. The maximum absolute atomic E-state index is 11.6. The van der Waals surface area contributed by atoms with Crippen LogP contribution in [0.2, 0.25) is 0 Å². The summed E-state index contributed by atoms with van der Waals surface area (Å²) in [6.07, 6.45) is 7.71. The molecule has 1 aliphatic rings. The van der Waals surface area contributed by atoms with Crippen LogP contribution >= 0.6 is 0 Å². The molecule has 120 valence electrons. The van der Waals surface area contributed by atoms with Gasteiger partial charge in [0.2, 0.25) is 11.8 Å². The van der Waals surface area contributed by atoms with Crippen molar-refractivity contribution in [3.8, 4) is 5.75 Å². The molecule has 0 radical (unpaired) electrons. The highest BCUT2D eigenvalue weighted by atomic mass is 16.5. The van der Waals surface area contributed by atoms with Crippen LogP contribution in [-0.4, -0.2) is 18.4 Å². The molecule has 0 unspecified atom stereocenters. The van der Waals surface area contributed by atoms with Gasteiger partial charge in [-0.2, -0.15) is 0 Å². The molecule has 0 saturated carbocycles. The van der Waals surface area contributed by atoms with Gasteiger partial charge in [0, 0.05) is 6.42 Å². The first kappa shape index (κ1) is 16.5. The maximum atomic E-state index is 11.6. The average Bonchev–Trinajstić information content (AvgIpc) is 2.86. The van der Waals surface area contributed by atoms with Crippen LogP contribution in [0.25, 0.3) is 0 Å². The number of nitrogens with one attached hydrogen (secondary N) is 1. The summed E-state index contributed by atoms with van der Waals surface area (Å²) in [6.45, 7) is 2.95. The molecule has 0 spiro atoms. The Labute approximate surface area is 132 Å². The lowest BCUT2D eigenvalue weighted by molar-refractivity contribution is -0.125. The maximum Gasteiger partial charge on any atom is 0.234 e. The van der Waals surface area contributed by atoms with Crippen molar-refractivity contribution in [2.75, 3.05) is 6.61 Å². The van der Waals surface area contributed by atoms with Gasteiger partial charge in [-0.05, 0) is 24.1 Å². The molecule has 2 amide bonds. The van der Waals surface area contributed by atoms with Crippen molar-refractivity contribution in [3.63, 3.8) is 0 Å². The third-order valence-corrected chi connectivity index (χ3v) is 4.02. The predicted molar refractivity (Wildman–Crippen MR) is 85.8 cm³/mol. The van der Waals surface area contributed by atoms with Gasteiger partial charge >= 0.3 is 0 Å². The van der Waals surface area contributed by atoms with Gasteiger partial charge in [-0.15, -0.1) is 0 Å². The van der Waals surface area contributed by atoms with Gasteiger partial charge in [0.05, 0.1) is 12.5 Å². The Kier molecular flexibility index (Phi) is 6.44. The molecule has 1 N–H and O–H groups in total. The van der Waals surface area contributed by atoms with Crippen LogP contribution in [0, 0.1) is 0 Å². The summed E-state index contributed by atoms with van der Waals surface area (Å²) >= 11 is 0. The van der Waals surface area contributed by atoms with E-state index in [9.17, 15) is 9.59 Å². The van der Waals surface area contributed by atoms with Gasteiger partial charge in [-0.25, -0.2) is 0 Å². The number of rotatable bonds is 9. The SMILES string of the molecule is CCCCCCCCOc1ccc([C@@H]2CC(=O)NC2=O)cc1. The zero-order valence-corrected chi connectivity index (χ0v) is 13.3. The Morgan fingerprint density at radius 3 is 2.36 bits per heavy atom. The minimum Gasteiger partial charge on any atom is -0.494 e. The molecule has 0 bridgehead atoms. The van der Waals surface area contributed by atoms with Crippen molar-refractivity contribution in [2.45, 2.75) is 57.8 Å². The summed E-state index contributed by atoms with van der Waals surface area (Å²) < 4.78 is 5.71. The standard InChI is InChI=1S/C18H25NO3/c1-2-3-4-5-6-7-12-22-15-10-8-14(9-11-15)16-13-17(20)19-18(16)21/h8-11,16H,2-7,12-13H2,1H3,(H,19,20,21)/t16-/m0/s1. The largest absolute Gasteiger partial charge is 0.494 e. The van der Waals surface area contributed by atoms with E-state index < -0.39 is 0 Å². The van der Waals surface area contributed by atoms with Gasteiger partial charge in [0.25, 0.3) is 0 Å². The molecular weight excluding hydrogens is 278 g/mol. The summed E-state index contributed by atoms with van der Waals surface area (Å²) in [5.41, 5.74) is 0.871. The lowest BCUT2D eigenvalue weighted by Gasteiger charge is -2.09. The fraction of sp³-hybridized carbons (Fsp3) is 0.556. The molecule has 1 saturated heterocycles. The Balaban J connectivity index is 1.71. The Morgan fingerprint density at radius 2 is 1.73 bits per heavy atom. The fourth-order valence-electron chi connectivity index (χ4n) is 2.69. The number of hydrogen-bond donors (Lipinski definition) is 1. The Bertz CT molecular complexity index is 496. The van der Waals surface area contributed by atoms with Gasteiger partial charge in [-0.3, -0.25) is 14.9 Å². The van der Waals surface area contributed by atoms with Gasteiger partial charge in [0.15, 0.2) is 0 Å². The number of amides is 2. The highest BCUT2D eigenvalue weighted by Gasteiger charge is 2.31. The lowest BCUT2D eigenvalue weighted by atomic mass is 9.98. The van der Waals surface area contributed by atoms with E-state index in [4.69, 9.17) is 4.74 Å². The normalized spacial score (nSPS) is 17.6. The third kappa shape index (κ3) is 4.86. The summed E-state index contributed by atoms with van der Waals surface area (Å²) in [6, 6.07) is 7.50. The molecule has 4 nitrogen and oxygen atoms in total. The molecule has 1 fully saturated rings. The van der Waals surface area contributed by atoms with Crippen LogP contribution < -0.4 is 10.1 Å². The lowest BCUT2D eigenvalue weighted by Crippen LogP contribution is -2.21. The third-order valence-electron chi connectivity index (χ3n) is 4.02. The second-order valence-corrected chi connectivity index (χ2v) is 5.85. The van der Waals surface area contributed by atoms with E-state index in [-0.39, 0.29) is 24.2 Å². The molecule has 0 aromatic heterocycles. The van der Waals surface area contributed by atoms with Crippen LogP contribution in [0.3, 0.4) is 0 Å². The summed E-state index contributed by atoms with van der Waals surface area (Å²) in [7, 11) is 0. The van der Waals surface area contributed by atoms with Crippen molar-refractivity contribution >= 4 is 11.8 Å². The van der Waals surface area contributed by atoms with Gasteiger partial charge in [-0.1, -0.05) is 51.2 Å². The second-order valence-electron chi connectivity index (χ2n) is 5.85. The molecule has 0 aliphatic carbocycles. The van der Waals surface area contributed by atoms with Gasteiger partial charge in [0.1, 0.15) is 5.75 Å². The number of hydrogen-bond acceptors (Lipinski definition) is 3. The Hall–Kier alpha value is -1.84. The number of imide groups is 1. The van der Waals surface area contributed by atoms with Crippen LogP contribution in [0.1, 0.15) is 63.4 Å². The second kappa shape index (κ2) is 8.57. The zero-order valence-electron chi connectivity index (χ0n) is 13.3. The molecule has 2 rings (SSSR count). The van der Waals surface area contributed by atoms with E-state index in [0.717, 1.165) is 24.3 Å². The predicted octanol–water partition coefficient (Wildman–Crippen LogP) is 3.56. The quantitative estimate of drug-likeness (QED) is 0.560. The number of carbonyl (C=O) groups is 2. The first-order chi connectivity index (χ1) is 10.7. The highest BCUT2D eigenvalue weighted by Crippen LogP contribution is 2.26. The smallest absolute Gasteiger partial charge is 0.234 e. The molecule has 4 heteroatoms. The van der Waals surface area contributed by atoms with Crippen LogP contribution in [0.4, 0.5) is 0 Å². The van der Waals surface area contributed by atoms with Gasteiger partial charge < -0.3 is 4.74 Å². The molecule has 1 atom stereocenters. The minimum atomic E-state index is -0.347. The number of unbranched alkanes of at least 4 members (excludes halogenated alkanes) is 5. The zero-order chi connectivity index (χ0) is 15.8. The van der Waals surface area contributed by atoms with Crippen LogP contribution in [0.15, 0.2) is 24.3 Å².